The van der Waals surface area contributed by atoms with Gasteiger partial charge in [0.05, 0.1) is 18.9 Å². The molecule has 0 N–H and O–H groups in total. The molecule has 0 atom stereocenters. The van der Waals surface area contributed by atoms with E-state index in [4.69, 9.17) is 9.68 Å². The first-order chi connectivity index (χ1) is 6.83. The lowest BCUT2D eigenvalue weighted by Crippen LogP contribution is -2.18. The summed E-state index contributed by atoms with van der Waals surface area (Å²) in [5.74, 6) is 0.993. The molecule has 0 aromatic carbocycles. The number of furan rings is 1. The summed E-state index contributed by atoms with van der Waals surface area (Å²) in [6.45, 7) is 1.86. The molecule has 0 aliphatic rings. The van der Waals surface area contributed by atoms with Crippen LogP contribution in [0.3, 0.4) is 0 Å². The Kier molecular flexibility index (Phi) is 4.81. The van der Waals surface area contributed by atoms with E-state index in [1.807, 2.05) is 12.1 Å². The molecule has 0 bridgehead atoms. The quantitative estimate of drug-likeness (QED) is 0.650. The summed E-state index contributed by atoms with van der Waals surface area (Å²) < 4.78 is 5.24. The highest BCUT2D eigenvalue weighted by Crippen LogP contribution is 2.05. The Labute approximate surface area is 84.9 Å². The second kappa shape index (κ2) is 6.22. The minimum atomic E-state index is 0.661. The molecule has 0 unspecified atom stereocenters. The van der Waals surface area contributed by atoms with E-state index in [2.05, 4.69) is 18.0 Å². The zero-order valence-corrected chi connectivity index (χ0v) is 8.57. The van der Waals surface area contributed by atoms with E-state index in [-0.39, 0.29) is 0 Å². The van der Waals surface area contributed by atoms with Crippen molar-refractivity contribution in [2.24, 2.45) is 0 Å². The van der Waals surface area contributed by atoms with Gasteiger partial charge in [0.25, 0.3) is 0 Å². The topological polar surface area (TPSA) is 40.2 Å². The molecule has 0 saturated carbocycles. The van der Waals surface area contributed by atoms with E-state index in [0.29, 0.717) is 6.42 Å². The Bertz CT molecular complexity index is 274. The Morgan fingerprint density at radius 3 is 3.00 bits per heavy atom. The summed E-state index contributed by atoms with van der Waals surface area (Å²) in [6.07, 6.45) is 4.41. The first kappa shape index (κ1) is 10.8. The molecule has 0 saturated heterocycles. The van der Waals surface area contributed by atoms with E-state index >= 15 is 0 Å². The van der Waals surface area contributed by atoms with Gasteiger partial charge in [-0.2, -0.15) is 5.26 Å². The van der Waals surface area contributed by atoms with Crippen LogP contribution in [0.4, 0.5) is 0 Å². The number of hydrogen-bond acceptors (Lipinski definition) is 3. The second-order valence-corrected chi connectivity index (χ2v) is 3.43. The molecule has 1 heterocycles. The van der Waals surface area contributed by atoms with Crippen molar-refractivity contribution in [2.45, 2.75) is 25.8 Å². The van der Waals surface area contributed by atoms with Crippen molar-refractivity contribution in [1.29, 1.82) is 5.26 Å². The van der Waals surface area contributed by atoms with Crippen LogP contribution in [-0.2, 0) is 6.54 Å². The maximum atomic E-state index is 8.36. The summed E-state index contributed by atoms with van der Waals surface area (Å²) in [4.78, 5) is 2.20. The van der Waals surface area contributed by atoms with Crippen molar-refractivity contribution in [2.75, 3.05) is 13.6 Å². The predicted molar refractivity (Wildman–Crippen MR) is 54.5 cm³/mol. The van der Waals surface area contributed by atoms with Crippen LogP contribution >= 0.6 is 0 Å². The predicted octanol–water partition coefficient (Wildman–Crippen LogP) is 2.41. The highest BCUT2D eigenvalue weighted by Gasteiger charge is 2.01. The van der Waals surface area contributed by atoms with E-state index < -0.39 is 0 Å². The van der Waals surface area contributed by atoms with Crippen LogP contribution in [0.25, 0.3) is 0 Å². The van der Waals surface area contributed by atoms with Gasteiger partial charge in [-0.15, -0.1) is 0 Å². The first-order valence-electron chi connectivity index (χ1n) is 4.91. The summed E-state index contributed by atoms with van der Waals surface area (Å²) in [5.41, 5.74) is 0. The van der Waals surface area contributed by atoms with Crippen LogP contribution in [-0.4, -0.2) is 18.5 Å². The van der Waals surface area contributed by atoms with E-state index in [1.54, 1.807) is 6.26 Å². The lowest BCUT2D eigenvalue weighted by Gasteiger charge is -2.13. The fourth-order valence-corrected chi connectivity index (χ4v) is 1.33. The Morgan fingerprint density at radius 1 is 1.50 bits per heavy atom. The van der Waals surface area contributed by atoms with Crippen molar-refractivity contribution in [3.05, 3.63) is 24.2 Å². The molecule has 0 amide bonds. The third-order valence-electron chi connectivity index (χ3n) is 2.08. The molecule has 1 aromatic rings. The normalized spacial score (nSPS) is 10.4. The lowest BCUT2D eigenvalue weighted by molar-refractivity contribution is 0.289. The van der Waals surface area contributed by atoms with Gasteiger partial charge in [-0.25, -0.2) is 0 Å². The molecule has 1 aromatic heterocycles. The van der Waals surface area contributed by atoms with Gasteiger partial charge in [0, 0.05) is 6.42 Å². The average Bonchev–Trinajstić information content (AvgIpc) is 2.65. The number of rotatable bonds is 6. The molecule has 0 aliphatic heterocycles. The smallest absolute Gasteiger partial charge is 0.117 e. The summed E-state index contributed by atoms with van der Waals surface area (Å²) in [6, 6.07) is 6.03. The van der Waals surface area contributed by atoms with Gasteiger partial charge in [-0.3, -0.25) is 4.90 Å². The van der Waals surface area contributed by atoms with Crippen LogP contribution in [0, 0.1) is 11.3 Å². The molecule has 0 fully saturated rings. The number of nitrogens with zero attached hydrogens (tertiary/aromatic N) is 2. The van der Waals surface area contributed by atoms with Gasteiger partial charge in [-0.1, -0.05) is 0 Å². The summed E-state index contributed by atoms with van der Waals surface area (Å²) in [5, 5.41) is 8.36. The van der Waals surface area contributed by atoms with Crippen molar-refractivity contribution in [3.8, 4) is 6.07 Å². The summed E-state index contributed by atoms with van der Waals surface area (Å²) >= 11 is 0. The van der Waals surface area contributed by atoms with Crippen LogP contribution in [0.5, 0.6) is 0 Å². The SMILES string of the molecule is CN(CCCCC#N)Cc1ccco1. The third kappa shape index (κ3) is 4.11. The third-order valence-corrected chi connectivity index (χ3v) is 2.08. The van der Waals surface area contributed by atoms with Gasteiger partial charge in [-0.05, 0) is 38.6 Å². The molecule has 1 rings (SSSR count). The molecule has 0 aliphatic carbocycles. The van der Waals surface area contributed by atoms with Crippen molar-refractivity contribution < 1.29 is 4.42 Å². The molecule has 76 valence electrons. The molecular weight excluding hydrogens is 176 g/mol. The van der Waals surface area contributed by atoms with E-state index in [0.717, 1.165) is 31.7 Å². The first-order valence-corrected chi connectivity index (χ1v) is 4.91. The number of hydrogen-bond donors (Lipinski definition) is 0. The zero-order chi connectivity index (χ0) is 10.2. The Balaban J connectivity index is 2.11. The van der Waals surface area contributed by atoms with Gasteiger partial charge >= 0.3 is 0 Å². The van der Waals surface area contributed by atoms with Gasteiger partial charge in [0.1, 0.15) is 5.76 Å². The number of unbranched alkanes of at least 4 members (excludes halogenated alkanes) is 2. The minimum Gasteiger partial charge on any atom is -0.468 e. The maximum Gasteiger partial charge on any atom is 0.117 e. The Morgan fingerprint density at radius 2 is 2.36 bits per heavy atom. The fraction of sp³-hybridized carbons (Fsp3) is 0.545. The highest BCUT2D eigenvalue weighted by molar-refractivity contribution is 4.97. The van der Waals surface area contributed by atoms with Crippen LogP contribution in [0.15, 0.2) is 22.8 Å². The van der Waals surface area contributed by atoms with Crippen molar-refractivity contribution in [3.63, 3.8) is 0 Å². The maximum absolute atomic E-state index is 8.36. The van der Waals surface area contributed by atoms with E-state index in [9.17, 15) is 0 Å². The van der Waals surface area contributed by atoms with Crippen LogP contribution < -0.4 is 0 Å². The Hall–Kier alpha value is -1.27. The molecule has 3 nitrogen and oxygen atoms in total. The molecule has 0 spiro atoms. The largest absolute Gasteiger partial charge is 0.468 e. The highest BCUT2D eigenvalue weighted by atomic mass is 16.3. The monoisotopic (exact) mass is 192 g/mol. The van der Waals surface area contributed by atoms with Crippen LogP contribution in [0.2, 0.25) is 0 Å². The van der Waals surface area contributed by atoms with Gasteiger partial charge in [0.15, 0.2) is 0 Å². The van der Waals surface area contributed by atoms with Crippen LogP contribution in [0.1, 0.15) is 25.0 Å². The van der Waals surface area contributed by atoms with Crippen molar-refractivity contribution >= 4 is 0 Å². The fourth-order valence-electron chi connectivity index (χ4n) is 1.33. The summed E-state index contributed by atoms with van der Waals surface area (Å²) in [7, 11) is 2.06. The van der Waals surface area contributed by atoms with E-state index in [1.165, 1.54) is 0 Å². The van der Waals surface area contributed by atoms with Gasteiger partial charge < -0.3 is 4.42 Å². The standard InChI is InChI=1S/C11H16N2O/c1-13(8-4-2-3-7-12)10-11-6-5-9-14-11/h5-6,9H,2-4,8,10H2,1H3. The van der Waals surface area contributed by atoms with Crippen molar-refractivity contribution in [1.82, 2.24) is 4.90 Å². The number of nitriles is 1. The molecule has 3 heteroatoms. The lowest BCUT2D eigenvalue weighted by atomic mass is 10.2. The second-order valence-electron chi connectivity index (χ2n) is 3.43. The van der Waals surface area contributed by atoms with Gasteiger partial charge in [0.2, 0.25) is 0 Å². The minimum absolute atomic E-state index is 0.661. The average molecular weight is 192 g/mol. The zero-order valence-electron chi connectivity index (χ0n) is 8.57. The molecule has 0 radical (unpaired) electrons. The molecule has 14 heavy (non-hydrogen) atoms. The molecular formula is C11H16N2O.